The monoisotopic (exact) mass is 745 g/mol. The van der Waals surface area contributed by atoms with Gasteiger partial charge in [0.2, 0.25) is 0 Å². The Labute approximate surface area is 357 Å². The molecule has 12 rings (SSSR count). The van der Waals surface area contributed by atoms with E-state index in [0.717, 1.165) is 4.57 Å². The molecule has 0 atom stereocenters. The van der Waals surface area contributed by atoms with E-state index in [4.69, 9.17) is 9.60 Å². The minimum absolute atomic E-state index is 0.0306. The van der Waals surface area contributed by atoms with E-state index in [1.54, 1.807) is 91.0 Å². The first kappa shape index (κ1) is 17.9. The van der Waals surface area contributed by atoms with Gasteiger partial charge in [0.05, 0.1) is 60.5 Å². The van der Waals surface area contributed by atoms with E-state index in [-0.39, 0.29) is 55.2 Å². The molecule has 57 heavy (non-hydrogen) atoms. The third kappa shape index (κ3) is 4.79. The lowest BCUT2D eigenvalue weighted by Gasteiger charge is -2.11. The van der Waals surface area contributed by atoms with Crippen molar-refractivity contribution in [3.63, 3.8) is 0 Å². The molecule has 0 N–H and O–H groups in total. The summed E-state index contributed by atoms with van der Waals surface area (Å²) in [4.78, 5) is 0. The van der Waals surface area contributed by atoms with Gasteiger partial charge in [0.25, 0.3) is 0 Å². The Kier molecular flexibility index (Phi) is 3.91. The molecule has 0 aliphatic carbocycles. The van der Waals surface area contributed by atoms with E-state index in [0.29, 0.717) is 16.9 Å². The van der Waals surface area contributed by atoms with Crippen LogP contribution in [0.4, 0.5) is 0 Å². The van der Waals surface area contributed by atoms with Crippen molar-refractivity contribution in [2.75, 3.05) is 0 Å². The second kappa shape index (κ2) is 12.5. The highest BCUT2D eigenvalue weighted by Gasteiger charge is 2.19. The first-order chi connectivity index (χ1) is 36.7. The molecule has 9 aromatic carbocycles. The number of aromatic nitrogens is 3. The largest absolute Gasteiger partial charge is 0.309 e. The molecule has 0 aliphatic rings. The van der Waals surface area contributed by atoms with Gasteiger partial charge < -0.3 is 13.7 Å². The van der Waals surface area contributed by atoms with E-state index >= 15 is 0 Å². The maximum absolute atomic E-state index is 10.1. The molecule has 0 fully saturated rings. The number of rotatable bonds is 5. The Balaban J connectivity index is 1.28. The van der Waals surface area contributed by atoms with E-state index < -0.39 is 153 Å². The zero-order valence-corrected chi connectivity index (χ0v) is 29.5. The molecule has 3 heteroatoms. The molecule has 0 bridgehead atoms. The van der Waals surface area contributed by atoms with Gasteiger partial charge >= 0.3 is 0 Å². The van der Waals surface area contributed by atoms with Crippen LogP contribution in [0.3, 0.4) is 0 Å². The second-order valence-corrected chi connectivity index (χ2v) is 13.4. The summed E-state index contributed by atoms with van der Waals surface area (Å²) in [5, 5.41) is -1.32. The Bertz CT molecular complexity index is 4660. The van der Waals surface area contributed by atoms with Crippen molar-refractivity contribution >= 4 is 65.4 Å². The van der Waals surface area contributed by atoms with Gasteiger partial charge in [-0.05, 0) is 107 Å². The second-order valence-electron chi connectivity index (χ2n) is 13.4. The van der Waals surface area contributed by atoms with Crippen molar-refractivity contribution in [1.82, 2.24) is 13.7 Å². The Hall–Kier alpha value is -7.62. The lowest BCUT2D eigenvalue weighted by molar-refractivity contribution is 1.17. The lowest BCUT2D eigenvalue weighted by Crippen LogP contribution is -1.95. The zero-order valence-electron chi connectivity index (χ0n) is 49.5. The van der Waals surface area contributed by atoms with Crippen molar-refractivity contribution in [2.24, 2.45) is 0 Å². The summed E-state index contributed by atoms with van der Waals surface area (Å²) in [6, 6.07) is 12.2. The molecule has 0 aliphatic heterocycles. The van der Waals surface area contributed by atoms with E-state index in [2.05, 4.69) is 0 Å². The van der Waals surface area contributed by atoms with Gasteiger partial charge in [0, 0.05) is 49.4 Å². The van der Waals surface area contributed by atoms with Crippen LogP contribution >= 0.6 is 0 Å². The summed E-state index contributed by atoms with van der Waals surface area (Å²) >= 11 is 0. The average molecular weight is 746 g/mol. The number of fused-ring (bicyclic) bond motifs is 9. The molecule has 0 saturated heterocycles. The maximum atomic E-state index is 10.1. The number of para-hydroxylation sites is 4. The third-order valence-electron chi connectivity index (χ3n) is 10.2. The predicted molar refractivity (Wildman–Crippen MR) is 240 cm³/mol. The van der Waals surface area contributed by atoms with Crippen LogP contribution in [-0.2, 0) is 0 Å². The summed E-state index contributed by atoms with van der Waals surface area (Å²) in [5.74, 6) is 0. The molecule has 3 nitrogen and oxygen atoms in total. The Morgan fingerprint density at radius 1 is 0.298 bits per heavy atom. The van der Waals surface area contributed by atoms with Crippen LogP contribution in [0.1, 0.15) is 27.4 Å². The van der Waals surface area contributed by atoms with Gasteiger partial charge in [0.1, 0.15) is 0 Å². The van der Waals surface area contributed by atoms with Crippen LogP contribution < -0.4 is 0 Å². The molecule has 0 unspecified atom stereocenters. The normalized spacial score (nSPS) is 16.8. The van der Waals surface area contributed by atoms with Gasteiger partial charge in [-0.2, -0.15) is 0 Å². The summed E-state index contributed by atoms with van der Waals surface area (Å²) < 4.78 is 192. The van der Waals surface area contributed by atoms with Gasteiger partial charge in [-0.3, -0.25) is 0 Å². The molecule has 0 radical (unpaired) electrons. The smallest absolute Gasteiger partial charge is 0.0652 e. The maximum Gasteiger partial charge on any atom is 0.0652 e. The van der Waals surface area contributed by atoms with Gasteiger partial charge in [-0.15, -0.1) is 0 Å². The molecule has 266 valence electrons. The van der Waals surface area contributed by atoms with Crippen LogP contribution in [0, 0.1) is 0 Å². The van der Waals surface area contributed by atoms with Crippen LogP contribution in [0.25, 0.3) is 105 Å². The van der Waals surface area contributed by atoms with E-state index in [9.17, 15) is 17.8 Å². The van der Waals surface area contributed by atoms with Crippen LogP contribution in [-0.4, -0.2) is 13.7 Å². The minimum Gasteiger partial charge on any atom is -0.309 e. The SMILES string of the molecule is [2H]c1c([2H])c([2H])c2c(c1[2H])c1c([2H])c(-n3c4c([2H])c([2H])c([2H])c([2H])c4c4c([2H])c(-c5c([2H])c([2H])c6c(c5[2H])c5c(-c7ccccc7)c([2H])c([2H])c([2H])c5n6-c5ccccc5)c([2H])c([2H])c43)c([2H])c([2H])c1n2-c1ccccc1. The van der Waals surface area contributed by atoms with Crippen LogP contribution in [0.5, 0.6) is 0 Å². The molecule has 0 saturated carbocycles. The number of hydrogen-bond donors (Lipinski definition) is 0. The molecule has 0 spiro atoms. The van der Waals surface area contributed by atoms with Gasteiger partial charge in [0.15, 0.2) is 0 Å². The summed E-state index contributed by atoms with van der Waals surface area (Å²) in [5.41, 5.74) is -1.75. The van der Waals surface area contributed by atoms with Crippen LogP contribution in [0.2, 0.25) is 0 Å². The standard InChI is InChI=1S/C54H35N3/c1-4-15-36(16-5-1)42-23-14-26-53-54(42)47-34-38(28-31-52(47)56(53)40-19-8-3-9-20-40)37-27-30-50-45(33-37)43-21-10-13-25-49(43)57(50)41-29-32-51-46(35-41)44-22-11-12-24-48(44)55(51)39-17-6-2-7-18-39/h1-35H/i10D,11D,12D,13D,14D,21D,22D,23D,24D,25D,26D,27D,28D,29D,30D,31D,32D,33D,34D,35D. The Morgan fingerprint density at radius 3 is 1.39 bits per heavy atom. The highest BCUT2D eigenvalue weighted by molar-refractivity contribution is 6.17. The molecular formula is C54H35N3. The van der Waals surface area contributed by atoms with Crippen molar-refractivity contribution in [2.45, 2.75) is 0 Å². The number of nitrogens with zero attached hydrogens (tertiary/aromatic N) is 3. The van der Waals surface area contributed by atoms with Crippen LogP contribution in [0.15, 0.2) is 212 Å². The number of benzene rings is 9. The molecular weight excluding hydrogens is 691 g/mol. The minimum atomic E-state index is -0.839. The molecule has 3 heterocycles. The predicted octanol–water partition coefficient (Wildman–Crippen LogP) is 14.3. The highest BCUT2D eigenvalue weighted by atomic mass is 15.0. The third-order valence-corrected chi connectivity index (χ3v) is 10.2. The highest BCUT2D eigenvalue weighted by Crippen LogP contribution is 2.42. The quantitative estimate of drug-likeness (QED) is 0.167. The number of hydrogen-bond acceptors (Lipinski definition) is 0. The van der Waals surface area contributed by atoms with Crippen molar-refractivity contribution in [1.29, 1.82) is 0 Å². The fraction of sp³-hybridized carbons (Fsp3) is 0. The van der Waals surface area contributed by atoms with E-state index in [1.165, 1.54) is 9.13 Å². The Morgan fingerprint density at radius 2 is 0.754 bits per heavy atom. The van der Waals surface area contributed by atoms with Gasteiger partial charge in [-0.1, -0.05) is 127 Å². The first-order valence-corrected chi connectivity index (χ1v) is 18.0. The fourth-order valence-corrected chi connectivity index (χ4v) is 7.76. The summed E-state index contributed by atoms with van der Waals surface area (Å²) in [6.07, 6.45) is 0. The van der Waals surface area contributed by atoms with Gasteiger partial charge in [-0.25, -0.2) is 0 Å². The van der Waals surface area contributed by atoms with Crippen molar-refractivity contribution in [3.05, 3.63) is 212 Å². The van der Waals surface area contributed by atoms with Crippen molar-refractivity contribution < 1.29 is 27.4 Å². The summed E-state index contributed by atoms with van der Waals surface area (Å²) in [7, 11) is 0. The average Bonchev–Trinajstić information content (AvgIpc) is 4.12. The first-order valence-electron chi connectivity index (χ1n) is 28.0. The van der Waals surface area contributed by atoms with Crippen molar-refractivity contribution in [3.8, 4) is 39.3 Å². The lowest BCUT2D eigenvalue weighted by atomic mass is 9.97. The zero-order chi connectivity index (χ0) is 54.9. The topological polar surface area (TPSA) is 14.8 Å². The molecule has 0 amide bonds. The molecule has 3 aromatic heterocycles. The fourth-order valence-electron chi connectivity index (χ4n) is 7.76. The molecule has 12 aromatic rings. The van der Waals surface area contributed by atoms with E-state index in [1.807, 2.05) is 0 Å². The summed E-state index contributed by atoms with van der Waals surface area (Å²) in [6.45, 7) is 0.